The number of rotatable bonds is 5. The van der Waals surface area contributed by atoms with Crippen molar-refractivity contribution in [2.75, 3.05) is 17.2 Å². The zero-order valence-electron chi connectivity index (χ0n) is 12.8. The first-order chi connectivity index (χ1) is 11.4. The SMILES string of the molecule is CC(=O)Nc1cccc(C(=O)OCC(=O)Nc2ccc(Cl)cc2)c1. The molecule has 7 heteroatoms. The molecule has 0 heterocycles. The number of ether oxygens (including phenoxy) is 1. The zero-order valence-corrected chi connectivity index (χ0v) is 13.6. The lowest BCUT2D eigenvalue weighted by Gasteiger charge is -2.08. The molecule has 0 radical (unpaired) electrons. The van der Waals surface area contributed by atoms with Crippen LogP contribution in [-0.4, -0.2) is 24.4 Å². The van der Waals surface area contributed by atoms with Crippen LogP contribution in [0.3, 0.4) is 0 Å². The molecule has 0 spiro atoms. The first kappa shape index (κ1) is 17.5. The number of carbonyl (C=O) groups is 3. The highest BCUT2D eigenvalue weighted by Gasteiger charge is 2.11. The second kappa shape index (κ2) is 8.12. The molecule has 0 atom stereocenters. The number of hydrogen-bond acceptors (Lipinski definition) is 4. The second-order valence-electron chi connectivity index (χ2n) is 4.89. The van der Waals surface area contributed by atoms with Gasteiger partial charge in [0.05, 0.1) is 5.56 Å². The summed E-state index contributed by atoms with van der Waals surface area (Å²) in [5.41, 5.74) is 1.26. The Balaban J connectivity index is 1.89. The molecule has 0 aliphatic carbocycles. The van der Waals surface area contributed by atoms with Gasteiger partial charge in [0.1, 0.15) is 0 Å². The Morgan fingerprint density at radius 1 is 1.00 bits per heavy atom. The van der Waals surface area contributed by atoms with Gasteiger partial charge in [0.25, 0.3) is 5.91 Å². The molecule has 6 nitrogen and oxygen atoms in total. The fourth-order valence-electron chi connectivity index (χ4n) is 1.87. The molecule has 0 aromatic heterocycles. The molecular weight excluding hydrogens is 332 g/mol. The van der Waals surface area contributed by atoms with E-state index in [1.165, 1.54) is 19.1 Å². The Labute approximate surface area is 143 Å². The van der Waals surface area contributed by atoms with E-state index in [0.717, 1.165) is 0 Å². The molecule has 0 aliphatic heterocycles. The minimum Gasteiger partial charge on any atom is -0.452 e. The summed E-state index contributed by atoms with van der Waals surface area (Å²) in [7, 11) is 0. The Morgan fingerprint density at radius 3 is 2.38 bits per heavy atom. The van der Waals surface area contributed by atoms with Crippen molar-refractivity contribution in [1.29, 1.82) is 0 Å². The van der Waals surface area contributed by atoms with Crippen LogP contribution in [0.5, 0.6) is 0 Å². The van der Waals surface area contributed by atoms with Gasteiger partial charge in [-0.15, -0.1) is 0 Å². The summed E-state index contributed by atoms with van der Waals surface area (Å²) in [6.45, 7) is 0.942. The van der Waals surface area contributed by atoms with Crippen molar-refractivity contribution in [2.45, 2.75) is 6.92 Å². The third-order valence-electron chi connectivity index (χ3n) is 2.88. The number of nitrogens with one attached hydrogen (secondary N) is 2. The van der Waals surface area contributed by atoms with Crippen LogP contribution in [-0.2, 0) is 14.3 Å². The van der Waals surface area contributed by atoms with E-state index in [-0.39, 0.29) is 11.5 Å². The summed E-state index contributed by atoms with van der Waals surface area (Å²) in [6.07, 6.45) is 0. The Kier molecular flexibility index (Phi) is 5.92. The van der Waals surface area contributed by atoms with Crippen LogP contribution in [0, 0.1) is 0 Å². The van der Waals surface area contributed by atoms with Crippen molar-refractivity contribution < 1.29 is 19.1 Å². The molecule has 0 bridgehead atoms. The Morgan fingerprint density at radius 2 is 1.71 bits per heavy atom. The largest absolute Gasteiger partial charge is 0.452 e. The predicted octanol–water partition coefficient (Wildman–Crippen LogP) is 3.09. The van der Waals surface area contributed by atoms with Crippen molar-refractivity contribution in [3.05, 3.63) is 59.1 Å². The van der Waals surface area contributed by atoms with Gasteiger partial charge in [-0.25, -0.2) is 4.79 Å². The number of esters is 1. The quantitative estimate of drug-likeness (QED) is 0.815. The molecule has 0 saturated carbocycles. The van der Waals surface area contributed by atoms with E-state index in [1.54, 1.807) is 36.4 Å². The van der Waals surface area contributed by atoms with Crippen LogP contribution in [0.25, 0.3) is 0 Å². The number of carbonyl (C=O) groups excluding carboxylic acids is 3. The van der Waals surface area contributed by atoms with Gasteiger partial charge in [0.15, 0.2) is 6.61 Å². The highest BCUT2D eigenvalue weighted by Crippen LogP contribution is 2.14. The van der Waals surface area contributed by atoms with Crippen LogP contribution in [0.2, 0.25) is 5.02 Å². The van der Waals surface area contributed by atoms with Gasteiger partial charge in [-0.05, 0) is 42.5 Å². The molecule has 2 N–H and O–H groups in total. The molecule has 0 aliphatic rings. The van der Waals surface area contributed by atoms with Crippen LogP contribution < -0.4 is 10.6 Å². The van der Waals surface area contributed by atoms with E-state index >= 15 is 0 Å². The van der Waals surface area contributed by atoms with Crippen LogP contribution in [0.1, 0.15) is 17.3 Å². The molecule has 2 amide bonds. The number of benzene rings is 2. The number of hydrogen-bond donors (Lipinski definition) is 2. The molecule has 24 heavy (non-hydrogen) atoms. The van der Waals surface area contributed by atoms with Crippen molar-refractivity contribution in [2.24, 2.45) is 0 Å². The molecule has 2 aromatic carbocycles. The Hall–Kier alpha value is -2.86. The maximum atomic E-state index is 12.0. The molecule has 2 aromatic rings. The summed E-state index contributed by atoms with van der Waals surface area (Å²) < 4.78 is 4.96. The smallest absolute Gasteiger partial charge is 0.338 e. The third kappa shape index (κ3) is 5.40. The van der Waals surface area contributed by atoms with Crippen molar-refractivity contribution in [3.63, 3.8) is 0 Å². The lowest BCUT2D eigenvalue weighted by molar-refractivity contribution is -0.119. The van der Waals surface area contributed by atoms with Crippen molar-refractivity contribution in [1.82, 2.24) is 0 Å². The minimum absolute atomic E-state index is 0.237. The van der Waals surface area contributed by atoms with Gasteiger partial charge in [-0.3, -0.25) is 9.59 Å². The summed E-state index contributed by atoms with van der Waals surface area (Å²) in [5.74, 6) is -1.37. The second-order valence-corrected chi connectivity index (χ2v) is 5.33. The average molecular weight is 347 g/mol. The molecule has 124 valence electrons. The van der Waals surface area contributed by atoms with Gasteiger partial charge in [0, 0.05) is 23.3 Å². The zero-order chi connectivity index (χ0) is 17.5. The van der Waals surface area contributed by atoms with Crippen molar-refractivity contribution >= 4 is 40.8 Å². The lowest BCUT2D eigenvalue weighted by atomic mass is 10.2. The van der Waals surface area contributed by atoms with E-state index in [9.17, 15) is 14.4 Å². The van der Waals surface area contributed by atoms with Crippen LogP contribution in [0.4, 0.5) is 11.4 Å². The maximum absolute atomic E-state index is 12.0. The fraction of sp³-hybridized carbons (Fsp3) is 0.118. The molecule has 0 unspecified atom stereocenters. The van der Waals surface area contributed by atoms with Crippen LogP contribution >= 0.6 is 11.6 Å². The molecular formula is C17H15ClN2O4. The number of anilines is 2. The normalized spacial score (nSPS) is 9.92. The van der Waals surface area contributed by atoms with Crippen LogP contribution in [0.15, 0.2) is 48.5 Å². The number of halogens is 1. The van der Waals surface area contributed by atoms with Gasteiger partial charge in [-0.1, -0.05) is 17.7 Å². The molecule has 2 rings (SSSR count). The molecule has 0 fully saturated rings. The highest BCUT2D eigenvalue weighted by atomic mass is 35.5. The monoisotopic (exact) mass is 346 g/mol. The minimum atomic E-state index is -0.659. The van der Waals surface area contributed by atoms with Gasteiger partial charge in [-0.2, -0.15) is 0 Å². The topological polar surface area (TPSA) is 84.5 Å². The number of amides is 2. The summed E-state index contributed by atoms with van der Waals surface area (Å²) in [4.78, 5) is 34.7. The van der Waals surface area contributed by atoms with E-state index in [0.29, 0.717) is 16.4 Å². The molecule has 0 saturated heterocycles. The first-order valence-electron chi connectivity index (χ1n) is 7.04. The van der Waals surface area contributed by atoms with Crippen molar-refractivity contribution in [3.8, 4) is 0 Å². The lowest BCUT2D eigenvalue weighted by Crippen LogP contribution is -2.21. The highest BCUT2D eigenvalue weighted by molar-refractivity contribution is 6.30. The average Bonchev–Trinajstić information content (AvgIpc) is 2.54. The Bertz CT molecular complexity index is 759. The van der Waals surface area contributed by atoms with E-state index < -0.39 is 18.5 Å². The third-order valence-corrected chi connectivity index (χ3v) is 3.13. The predicted molar refractivity (Wildman–Crippen MR) is 91.1 cm³/mol. The summed E-state index contributed by atoms with van der Waals surface area (Å²) in [5, 5.41) is 5.70. The van der Waals surface area contributed by atoms with Gasteiger partial charge < -0.3 is 15.4 Å². The fourth-order valence-corrected chi connectivity index (χ4v) is 2.00. The summed E-state index contributed by atoms with van der Waals surface area (Å²) in [6, 6.07) is 12.8. The summed E-state index contributed by atoms with van der Waals surface area (Å²) >= 11 is 5.75. The van der Waals surface area contributed by atoms with E-state index in [4.69, 9.17) is 16.3 Å². The van der Waals surface area contributed by atoms with Gasteiger partial charge in [0.2, 0.25) is 5.91 Å². The first-order valence-corrected chi connectivity index (χ1v) is 7.42. The standard InChI is InChI=1S/C17H15ClN2O4/c1-11(21)19-15-4-2-3-12(9-15)17(23)24-10-16(22)20-14-7-5-13(18)6-8-14/h2-9H,10H2,1H3,(H,19,21)(H,20,22). The van der Waals surface area contributed by atoms with E-state index in [2.05, 4.69) is 10.6 Å². The van der Waals surface area contributed by atoms with Gasteiger partial charge >= 0.3 is 5.97 Å². The van der Waals surface area contributed by atoms with E-state index in [1.807, 2.05) is 0 Å². The maximum Gasteiger partial charge on any atom is 0.338 e.